The summed E-state index contributed by atoms with van der Waals surface area (Å²) in [6.45, 7) is 8.99. The number of benzene rings is 1. The van der Waals surface area contributed by atoms with Crippen LogP contribution in [0.2, 0.25) is 0 Å². The summed E-state index contributed by atoms with van der Waals surface area (Å²) >= 11 is 0. The number of aromatic nitrogens is 4. The molecule has 1 amide bonds. The third kappa shape index (κ3) is 4.02. The van der Waals surface area contributed by atoms with Crippen molar-refractivity contribution < 1.29 is 4.79 Å². The van der Waals surface area contributed by atoms with Crippen molar-refractivity contribution in [2.75, 3.05) is 26.7 Å². The molecule has 0 bridgehead atoms. The molecule has 1 aliphatic rings. The number of fused-ring (bicyclic) bond motifs is 2. The van der Waals surface area contributed by atoms with Gasteiger partial charge in [0.25, 0.3) is 0 Å². The fraction of sp³-hybridized carbons (Fsp3) is 0.423. The topological polar surface area (TPSA) is 78.3 Å². The molecular formula is C26H32N6O. The van der Waals surface area contributed by atoms with E-state index in [9.17, 15) is 4.79 Å². The van der Waals surface area contributed by atoms with Crippen LogP contribution in [0.25, 0.3) is 27.9 Å². The van der Waals surface area contributed by atoms with Gasteiger partial charge in [0.2, 0.25) is 5.91 Å². The van der Waals surface area contributed by atoms with Crippen LogP contribution in [0, 0.1) is 6.92 Å². The zero-order valence-electron chi connectivity index (χ0n) is 19.9. The third-order valence-electron chi connectivity index (χ3n) is 6.94. The van der Waals surface area contributed by atoms with Crippen molar-refractivity contribution in [2.45, 2.75) is 45.4 Å². The predicted octanol–water partition coefficient (Wildman–Crippen LogP) is 4.23. The van der Waals surface area contributed by atoms with Crippen LogP contribution in [-0.4, -0.2) is 57.1 Å². The van der Waals surface area contributed by atoms with Gasteiger partial charge in [-0.15, -0.1) is 0 Å². The molecule has 0 unspecified atom stereocenters. The quantitative estimate of drug-likeness (QED) is 0.483. The van der Waals surface area contributed by atoms with E-state index in [0.717, 1.165) is 54.0 Å². The lowest BCUT2D eigenvalue weighted by molar-refractivity contribution is -0.122. The molecule has 172 valence electrons. The van der Waals surface area contributed by atoms with Gasteiger partial charge in [-0.25, -0.2) is 9.50 Å². The molecule has 4 heterocycles. The largest absolute Gasteiger partial charge is 0.358 e. The number of hydrogen-bond donors (Lipinski definition) is 2. The predicted molar refractivity (Wildman–Crippen MR) is 132 cm³/mol. The fourth-order valence-electron chi connectivity index (χ4n) is 5.19. The van der Waals surface area contributed by atoms with E-state index >= 15 is 0 Å². The van der Waals surface area contributed by atoms with Gasteiger partial charge >= 0.3 is 0 Å². The highest BCUT2D eigenvalue weighted by Crippen LogP contribution is 2.38. The maximum absolute atomic E-state index is 11.7. The van der Waals surface area contributed by atoms with Crippen LogP contribution in [0.15, 0.2) is 36.7 Å². The Morgan fingerprint density at radius 1 is 1.24 bits per heavy atom. The molecule has 33 heavy (non-hydrogen) atoms. The molecule has 0 saturated carbocycles. The number of nitrogens with zero attached hydrogens (tertiary/aromatic N) is 4. The summed E-state index contributed by atoms with van der Waals surface area (Å²) < 4.78 is 1.86. The lowest BCUT2D eigenvalue weighted by atomic mass is 9.87. The molecule has 5 rings (SSSR count). The minimum Gasteiger partial charge on any atom is -0.358 e. The summed E-state index contributed by atoms with van der Waals surface area (Å²) in [6, 6.07) is 9.00. The second kappa shape index (κ2) is 8.63. The molecule has 1 aromatic carbocycles. The van der Waals surface area contributed by atoms with E-state index in [2.05, 4.69) is 65.2 Å². The normalized spacial score (nSPS) is 15.7. The number of H-pyrrole nitrogens is 1. The van der Waals surface area contributed by atoms with Crippen LogP contribution in [0.4, 0.5) is 0 Å². The molecule has 0 spiro atoms. The van der Waals surface area contributed by atoms with Crippen LogP contribution >= 0.6 is 0 Å². The van der Waals surface area contributed by atoms with Crippen molar-refractivity contribution >= 4 is 22.5 Å². The van der Waals surface area contributed by atoms with E-state index in [0.29, 0.717) is 18.4 Å². The number of likely N-dealkylation sites (N-methyl/N-ethyl adjacent to an activating group) is 1. The Balaban J connectivity index is 1.48. The Labute approximate surface area is 194 Å². The molecule has 1 aliphatic heterocycles. The first kappa shape index (κ1) is 21.6. The maximum atomic E-state index is 11.7. The SMILES string of the molecule is CNC(=O)CN1CCC(c2ccc3[nH]c(-c4cc(C)c5nccn5n4)c(C(C)C)c3c2)CC1. The molecular weight excluding hydrogens is 412 g/mol. The summed E-state index contributed by atoms with van der Waals surface area (Å²) in [5.74, 6) is 0.976. The molecule has 7 nitrogen and oxygen atoms in total. The number of rotatable bonds is 5. The lowest BCUT2D eigenvalue weighted by Gasteiger charge is -2.31. The monoisotopic (exact) mass is 444 g/mol. The van der Waals surface area contributed by atoms with Crippen molar-refractivity contribution in [2.24, 2.45) is 0 Å². The number of aryl methyl sites for hydroxylation is 1. The zero-order chi connectivity index (χ0) is 23.1. The van der Waals surface area contributed by atoms with E-state index in [1.165, 1.54) is 16.5 Å². The molecule has 3 aromatic heterocycles. The highest BCUT2D eigenvalue weighted by molar-refractivity contribution is 5.91. The Hall–Kier alpha value is -3.19. The number of hydrogen-bond acceptors (Lipinski definition) is 4. The second-order valence-corrected chi connectivity index (χ2v) is 9.51. The van der Waals surface area contributed by atoms with Gasteiger partial charge in [0.05, 0.1) is 12.2 Å². The van der Waals surface area contributed by atoms with Gasteiger partial charge in [-0.2, -0.15) is 5.10 Å². The Morgan fingerprint density at radius 3 is 2.76 bits per heavy atom. The molecule has 1 saturated heterocycles. The standard InChI is InChI=1S/C26H32N6O/c1-16(2)24-20-14-19(18-7-10-31(11-8-18)15-23(33)27-4)5-6-21(20)29-25(24)22-13-17(3)26-28-9-12-32(26)30-22/h5-6,9,12-14,16,18,29H,7-8,10-11,15H2,1-4H3,(H,27,33). The number of carbonyl (C=O) groups excluding carboxylic acids is 1. The first-order valence-electron chi connectivity index (χ1n) is 11.8. The van der Waals surface area contributed by atoms with Gasteiger partial charge < -0.3 is 10.3 Å². The Bertz CT molecular complexity index is 1310. The fourth-order valence-corrected chi connectivity index (χ4v) is 5.19. The van der Waals surface area contributed by atoms with Gasteiger partial charge in [-0.1, -0.05) is 19.9 Å². The second-order valence-electron chi connectivity index (χ2n) is 9.51. The van der Waals surface area contributed by atoms with Crippen LogP contribution in [0.3, 0.4) is 0 Å². The van der Waals surface area contributed by atoms with E-state index in [1.807, 2.05) is 10.7 Å². The summed E-state index contributed by atoms with van der Waals surface area (Å²) in [5.41, 5.74) is 7.91. The van der Waals surface area contributed by atoms with Gasteiger partial charge in [0.1, 0.15) is 5.69 Å². The van der Waals surface area contributed by atoms with Gasteiger partial charge in [0.15, 0.2) is 5.65 Å². The van der Waals surface area contributed by atoms with Crippen molar-refractivity contribution in [3.8, 4) is 11.4 Å². The summed E-state index contributed by atoms with van der Waals surface area (Å²) in [7, 11) is 1.70. The number of piperidine rings is 1. The summed E-state index contributed by atoms with van der Waals surface area (Å²) in [5, 5.41) is 8.85. The Morgan fingerprint density at radius 2 is 2.03 bits per heavy atom. The highest BCUT2D eigenvalue weighted by atomic mass is 16.1. The van der Waals surface area contributed by atoms with Crippen molar-refractivity contribution in [3.63, 3.8) is 0 Å². The summed E-state index contributed by atoms with van der Waals surface area (Å²) in [6.07, 6.45) is 5.85. The van der Waals surface area contributed by atoms with E-state index < -0.39 is 0 Å². The van der Waals surface area contributed by atoms with Crippen molar-refractivity contribution in [1.82, 2.24) is 29.8 Å². The van der Waals surface area contributed by atoms with Crippen LogP contribution in [-0.2, 0) is 4.79 Å². The molecule has 7 heteroatoms. The summed E-state index contributed by atoms with van der Waals surface area (Å²) in [4.78, 5) is 22.0. The molecule has 0 atom stereocenters. The number of amides is 1. The van der Waals surface area contributed by atoms with Crippen molar-refractivity contribution in [3.05, 3.63) is 53.3 Å². The highest BCUT2D eigenvalue weighted by Gasteiger charge is 2.24. The van der Waals surface area contributed by atoms with Gasteiger partial charge in [-0.05, 0) is 79.6 Å². The number of carbonyl (C=O) groups is 1. The van der Waals surface area contributed by atoms with E-state index in [1.54, 1.807) is 13.2 Å². The Kier molecular flexibility index (Phi) is 5.66. The smallest absolute Gasteiger partial charge is 0.233 e. The molecule has 2 N–H and O–H groups in total. The van der Waals surface area contributed by atoms with Gasteiger partial charge in [0, 0.05) is 30.3 Å². The molecule has 4 aromatic rings. The average molecular weight is 445 g/mol. The number of likely N-dealkylation sites (tertiary alicyclic amines) is 1. The average Bonchev–Trinajstić information content (AvgIpc) is 3.44. The minimum atomic E-state index is 0.0917. The van der Waals surface area contributed by atoms with Crippen LogP contribution in [0.1, 0.15) is 55.2 Å². The van der Waals surface area contributed by atoms with E-state index in [4.69, 9.17) is 5.10 Å². The minimum absolute atomic E-state index is 0.0917. The zero-order valence-corrected chi connectivity index (χ0v) is 19.9. The first-order chi connectivity index (χ1) is 15.9. The van der Waals surface area contributed by atoms with Crippen LogP contribution in [0.5, 0.6) is 0 Å². The molecule has 0 radical (unpaired) electrons. The number of aromatic amines is 1. The van der Waals surface area contributed by atoms with Crippen LogP contribution < -0.4 is 5.32 Å². The van der Waals surface area contributed by atoms with Gasteiger partial charge in [-0.3, -0.25) is 9.69 Å². The molecule has 1 fully saturated rings. The van der Waals surface area contributed by atoms with Crippen molar-refractivity contribution in [1.29, 1.82) is 0 Å². The maximum Gasteiger partial charge on any atom is 0.233 e. The first-order valence-corrected chi connectivity index (χ1v) is 11.8. The lowest BCUT2D eigenvalue weighted by Crippen LogP contribution is -2.40. The number of imidazole rings is 1. The number of nitrogens with one attached hydrogen (secondary N) is 2. The third-order valence-corrected chi connectivity index (χ3v) is 6.94. The molecule has 0 aliphatic carbocycles. The van der Waals surface area contributed by atoms with E-state index in [-0.39, 0.29) is 5.91 Å².